The standard InChI is InChI=1S/C20H25ClN4O2/c1-25-12-13(9-23-25)16-10-22-11-17(16)20(26)24-14-6-7-19(18(21)8-14)27-15-4-2-3-5-15/h6-9,12,15-17,22H,2-5,10-11H2,1H3,(H,24,26)/t16-,17+/m1/s1. The van der Waals surface area contributed by atoms with Crippen molar-refractivity contribution in [3.63, 3.8) is 0 Å². The highest BCUT2D eigenvalue weighted by atomic mass is 35.5. The molecule has 1 saturated heterocycles. The van der Waals surface area contributed by atoms with Gasteiger partial charge in [0.25, 0.3) is 0 Å². The van der Waals surface area contributed by atoms with E-state index in [9.17, 15) is 4.79 Å². The lowest BCUT2D eigenvalue weighted by atomic mass is 9.90. The molecule has 1 saturated carbocycles. The Bertz CT molecular complexity index is 816. The van der Waals surface area contributed by atoms with Gasteiger partial charge in [-0.05, 0) is 49.4 Å². The number of hydrogen-bond acceptors (Lipinski definition) is 4. The van der Waals surface area contributed by atoms with Gasteiger partial charge in [0.1, 0.15) is 5.75 Å². The maximum absolute atomic E-state index is 12.8. The minimum atomic E-state index is -0.137. The zero-order chi connectivity index (χ0) is 18.8. The number of anilines is 1. The van der Waals surface area contributed by atoms with E-state index in [0.717, 1.165) is 24.9 Å². The predicted molar refractivity (Wildman–Crippen MR) is 105 cm³/mol. The second-order valence-electron chi connectivity index (χ2n) is 7.48. The smallest absolute Gasteiger partial charge is 0.229 e. The van der Waals surface area contributed by atoms with E-state index in [0.29, 0.717) is 23.0 Å². The van der Waals surface area contributed by atoms with Crippen LogP contribution in [0.2, 0.25) is 5.02 Å². The molecule has 1 aliphatic heterocycles. The molecule has 2 heterocycles. The summed E-state index contributed by atoms with van der Waals surface area (Å²) in [4.78, 5) is 12.8. The first-order valence-electron chi connectivity index (χ1n) is 9.56. The average molecular weight is 389 g/mol. The molecule has 7 heteroatoms. The fourth-order valence-corrected chi connectivity index (χ4v) is 4.26. The van der Waals surface area contributed by atoms with Gasteiger partial charge in [-0.2, -0.15) is 5.10 Å². The number of aryl methyl sites for hydroxylation is 1. The first-order valence-corrected chi connectivity index (χ1v) is 9.94. The largest absolute Gasteiger partial charge is 0.489 e. The van der Waals surface area contributed by atoms with Crippen molar-refractivity contribution in [3.8, 4) is 5.75 Å². The van der Waals surface area contributed by atoms with Crippen molar-refractivity contribution in [1.29, 1.82) is 0 Å². The SMILES string of the molecule is Cn1cc([C@H]2CNC[C@@H]2C(=O)Nc2ccc(OC3CCCC3)c(Cl)c2)cn1. The van der Waals surface area contributed by atoms with E-state index in [4.69, 9.17) is 16.3 Å². The van der Waals surface area contributed by atoms with Crippen LogP contribution in [0.5, 0.6) is 5.75 Å². The Morgan fingerprint density at radius 2 is 2.15 bits per heavy atom. The van der Waals surface area contributed by atoms with Crippen molar-refractivity contribution in [2.24, 2.45) is 13.0 Å². The van der Waals surface area contributed by atoms with Crippen LogP contribution in [-0.4, -0.2) is 34.9 Å². The van der Waals surface area contributed by atoms with E-state index in [1.165, 1.54) is 12.8 Å². The van der Waals surface area contributed by atoms with Crippen molar-refractivity contribution in [1.82, 2.24) is 15.1 Å². The van der Waals surface area contributed by atoms with Crippen molar-refractivity contribution in [2.45, 2.75) is 37.7 Å². The summed E-state index contributed by atoms with van der Waals surface area (Å²) in [6.45, 7) is 1.43. The van der Waals surface area contributed by atoms with Crippen LogP contribution in [0.4, 0.5) is 5.69 Å². The Balaban J connectivity index is 1.42. The number of nitrogens with zero attached hydrogens (tertiary/aromatic N) is 2. The fourth-order valence-electron chi connectivity index (χ4n) is 4.03. The lowest BCUT2D eigenvalue weighted by Crippen LogP contribution is -2.28. The number of aromatic nitrogens is 2. The molecule has 0 radical (unpaired) electrons. The molecule has 144 valence electrons. The van der Waals surface area contributed by atoms with E-state index in [-0.39, 0.29) is 23.8 Å². The summed E-state index contributed by atoms with van der Waals surface area (Å²) in [7, 11) is 1.89. The van der Waals surface area contributed by atoms with Gasteiger partial charge < -0.3 is 15.4 Å². The molecule has 2 N–H and O–H groups in total. The summed E-state index contributed by atoms with van der Waals surface area (Å²) >= 11 is 6.38. The van der Waals surface area contributed by atoms with Crippen LogP contribution >= 0.6 is 11.6 Å². The van der Waals surface area contributed by atoms with Crippen LogP contribution in [0.3, 0.4) is 0 Å². The van der Waals surface area contributed by atoms with Crippen molar-refractivity contribution >= 4 is 23.2 Å². The Morgan fingerprint density at radius 1 is 1.33 bits per heavy atom. The first-order chi connectivity index (χ1) is 13.1. The van der Waals surface area contributed by atoms with Gasteiger partial charge in [0.15, 0.2) is 0 Å². The summed E-state index contributed by atoms with van der Waals surface area (Å²) in [5.74, 6) is 0.674. The third kappa shape index (κ3) is 4.12. The third-order valence-corrected chi connectivity index (χ3v) is 5.79. The Hall–Kier alpha value is -2.05. The number of carbonyl (C=O) groups is 1. The Morgan fingerprint density at radius 3 is 2.85 bits per heavy atom. The van der Waals surface area contributed by atoms with E-state index in [2.05, 4.69) is 15.7 Å². The summed E-state index contributed by atoms with van der Waals surface area (Å²) in [5, 5.41) is 11.1. The molecule has 27 heavy (non-hydrogen) atoms. The molecule has 0 unspecified atom stereocenters. The molecule has 0 spiro atoms. The van der Waals surface area contributed by atoms with Gasteiger partial charge in [0, 0.05) is 37.9 Å². The van der Waals surface area contributed by atoms with Gasteiger partial charge in [0.05, 0.1) is 23.2 Å². The van der Waals surface area contributed by atoms with Crippen molar-refractivity contribution in [2.75, 3.05) is 18.4 Å². The minimum absolute atomic E-state index is 0.00520. The highest BCUT2D eigenvalue weighted by Gasteiger charge is 2.34. The average Bonchev–Trinajstić information content (AvgIpc) is 3.38. The molecular formula is C20H25ClN4O2. The van der Waals surface area contributed by atoms with E-state index in [1.54, 1.807) is 10.7 Å². The summed E-state index contributed by atoms with van der Waals surface area (Å²) in [6, 6.07) is 5.47. The maximum Gasteiger partial charge on any atom is 0.229 e. The van der Waals surface area contributed by atoms with E-state index < -0.39 is 0 Å². The number of rotatable bonds is 5. The van der Waals surface area contributed by atoms with Crippen LogP contribution in [0, 0.1) is 5.92 Å². The van der Waals surface area contributed by atoms with Gasteiger partial charge >= 0.3 is 0 Å². The molecule has 0 bridgehead atoms. The molecule has 2 aromatic rings. The lowest BCUT2D eigenvalue weighted by Gasteiger charge is -2.18. The first kappa shape index (κ1) is 18.3. The van der Waals surface area contributed by atoms with Gasteiger partial charge in [-0.3, -0.25) is 9.48 Å². The van der Waals surface area contributed by atoms with Crippen LogP contribution in [0.15, 0.2) is 30.6 Å². The normalized spacial score (nSPS) is 22.9. The molecule has 4 rings (SSSR count). The minimum Gasteiger partial charge on any atom is -0.489 e. The van der Waals surface area contributed by atoms with E-state index >= 15 is 0 Å². The zero-order valence-electron chi connectivity index (χ0n) is 15.5. The topological polar surface area (TPSA) is 68.2 Å². The van der Waals surface area contributed by atoms with Gasteiger partial charge in [-0.25, -0.2) is 0 Å². The Kier molecular flexibility index (Phi) is 5.36. The quantitative estimate of drug-likeness (QED) is 0.824. The molecule has 1 aromatic heterocycles. The number of ether oxygens (including phenoxy) is 1. The van der Waals surface area contributed by atoms with Gasteiger partial charge in [-0.1, -0.05) is 11.6 Å². The van der Waals surface area contributed by atoms with Crippen LogP contribution in [0.25, 0.3) is 0 Å². The number of hydrogen-bond donors (Lipinski definition) is 2. The fraction of sp³-hybridized carbons (Fsp3) is 0.500. The molecule has 1 aromatic carbocycles. The predicted octanol–water partition coefficient (Wildman–Crippen LogP) is 3.34. The van der Waals surface area contributed by atoms with Crippen molar-refractivity contribution in [3.05, 3.63) is 41.2 Å². The summed E-state index contributed by atoms with van der Waals surface area (Å²) < 4.78 is 7.75. The lowest BCUT2D eigenvalue weighted by molar-refractivity contribution is -0.119. The van der Waals surface area contributed by atoms with E-state index in [1.807, 2.05) is 31.6 Å². The van der Waals surface area contributed by atoms with Gasteiger partial charge in [-0.15, -0.1) is 0 Å². The highest BCUT2D eigenvalue weighted by molar-refractivity contribution is 6.32. The number of amides is 1. The monoisotopic (exact) mass is 388 g/mol. The van der Waals surface area contributed by atoms with Gasteiger partial charge in [0.2, 0.25) is 5.91 Å². The van der Waals surface area contributed by atoms with Crippen LogP contribution < -0.4 is 15.4 Å². The number of carbonyl (C=O) groups excluding carboxylic acids is 1. The number of halogens is 1. The second kappa shape index (κ2) is 7.90. The second-order valence-corrected chi connectivity index (χ2v) is 7.88. The van der Waals surface area contributed by atoms with Crippen LogP contribution in [0.1, 0.15) is 37.2 Å². The summed E-state index contributed by atoms with van der Waals surface area (Å²) in [5.41, 5.74) is 1.78. The molecule has 1 amide bonds. The molecule has 2 atom stereocenters. The Labute approximate surface area is 164 Å². The molecule has 6 nitrogen and oxygen atoms in total. The zero-order valence-corrected chi connectivity index (χ0v) is 16.2. The molecule has 2 fully saturated rings. The maximum atomic E-state index is 12.8. The number of benzene rings is 1. The van der Waals surface area contributed by atoms with Crippen molar-refractivity contribution < 1.29 is 9.53 Å². The summed E-state index contributed by atoms with van der Waals surface area (Å²) in [6.07, 6.45) is 8.66. The molecular weight excluding hydrogens is 364 g/mol. The number of nitrogens with one attached hydrogen (secondary N) is 2. The third-order valence-electron chi connectivity index (χ3n) is 5.50. The van der Waals surface area contributed by atoms with Crippen LogP contribution in [-0.2, 0) is 11.8 Å². The highest BCUT2D eigenvalue weighted by Crippen LogP contribution is 2.33. The molecule has 1 aliphatic carbocycles. The molecule has 2 aliphatic rings.